The molecule has 0 fully saturated rings. The van der Waals surface area contributed by atoms with Gasteiger partial charge in [-0.3, -0.25) is 4.90 Å². The number of hydrogen-bond acceptors (Lipinski definition) is 3. The number of nitrogens with zero attached hydrogens (tertiary/aromatic N) is 1. The molecule has 0 heterocycles. The molecule has 0 spiro atoms. The van der Waals surface area contributed by atoms with Crippen molar-refractivity contribution in [3.63, 3.8) is 0 Å². The Labute approximate surface area is 180 Å². The SMILES string of the molecule is C=C/C(C)=C\[C@H](Cc1ccccc1)N(Cc1ccc(OC)cc1)C(=O)OC(C)(C)C. The van der Waals surface area contributed by atoms with Gasteiger partial charge in [0.15, 0.2) is 0 Å². The highest BCUT2D eigenvalue weighted by atomic mass is 16.6. The Hall–Kier alpha value is -3.01. The molecule has 0 aliphatic rings. The van der Waals surface area contributed by atoms with Gasteiger partial charge in [-0.1, -0.05) is 66.8 Å². The van der Waals surface area contributed by atoms with E-state index < -0.39 is 5.60 Å². The summed E-state index contributed by atoms with van der Waals surface area (Å²) in [5.41, 5.74) is 2.59. The lowest BCUT2D eigenvalue weighted by Crippen LogP contribution is -2.43. The molecule has 0 N–H and O–H groups in total. The number of allylic oxidation sites excluding steroid dienone is 2. The molecule has 2 rings (SSSR count). The van der Waals surface area contributed by atoms with E-state index in [4.69, 9.17) is 9.47 Å². The van der Waals surface area contributed by atoms with Gasteiger partial charge in [0.25, 0.3) is 0 Å². The molecular formula is C26H33NO3. The normalized spacial score (nSPS) is 12.8. The molecule has 1 amide bonds. The van der Waals surface area contributed by atoms with Crippen molar-refractivity contribution in [2.45, 2.75) is 52.3 Å². The largest absolute Gasteiger partial charge is 0.497 e. The highest BCUT2D eigenvalue weighted by Gasteiger charge is 2.28. The van der Waals surface area contributed by atoms with Gasteiger partial charge in [0.1, 0.15) is 11.4 Å². The number of methoxy groups -OCH3 is 1. The van der Waals surface area contributed by atoms with Crippen molar-refractivity contribution in [1.29, 1.82) is 0 Å². The first-order valence-corrected chi connectivity index (χ1v) is 10.2. The Morgan fingerprint density at radius 2 is 1.70 bits per heavy atom. The molecule has 0 unspecified atom stereocenters. The number of amides is 1. The topological polar surface area (TPSA) is 38.8 Å². The fraction of sp³-hybridized carbons (Fsp3) is 0.346. The van der Waals surface area contributed by atoms with Gasteiger partial charge in [0.05, 0.1) is 13.2 Å². The van der Waals surface area contributed by atoms with Crippen LogP contribution in [0.4, 0.5) is 4.79 Å². The van der Waals surface area contributed by atoms with Gasteiger partial charge in [-0.25, -0.2) is 4.79 Å². The fourth-order valence-corrected chi connectivity index (χ4v) is 3.05. The molecule has 0 radical (unpaired) electrons. The van der Waals surface area contributed by atoms with Crippen LogP contribution in [0, 0.1) is 0 Å². The molecule has 2 aromatic rings. The second-order valence-electron chi connectivity index (χ2n) is 8.33. The maximum absolute atomic E-state index is 13.2. The van der Waals surface area contributed by atoms with Gasteiger partial charge in [0.2, 0.25) is 0 Å². The predicted molar refractivity (Wildman–Crippen MR) is 123 cm³/mol. The molecule has 4 heteroatoms. The molecule has 0 aromatic heterocycles. The van der Waals surface area contributed by atoms with E-state index in [1.807, 2.05) is 70.2 Å². The molecule has 0 saturated carbocycles. The molecular weight excluding hydrogens is 374 g/mol. The van der Waals surface area contributed by atoms with Crippen LogP contribution in [0.1, 0.15) is 38.8 Å². The average Bonchev–Trinajstić information content (AvgIpc) is 2.71. The van der Waals surface area contributed by atoms with Crippen LogP contribution in [-0.4, -0.2) is 29.7 Å². The van der Waals surface area contributed by atoms with E-state index in [9.17, 15) is 4.79 Å². The number of rotatable bonds is 8. The van der Waals surface area contributed by atoms with E-state index in [0.717, 1.165) is 22.4 Å². The van der Waals surface area contributed by atoms with E-state index in [2.05, 4.69) is 24.8 Å². The van der Waals surface area contributed by atoms with Gasteiger partial charge < -0.3 is 9.47 Å². The second kappa shape index (κ2) is 10.7. The number of hydrogen-bond donors (Lipinski definition) is 0. The first-order chi connectivity index (χ1) is 14.2. The fourth-order valence-electron chi connectivity index (χ4n) is 3.05. The van der Waals surface area contributed by atoms with Crippen molar-refractivity contribution in [2.75, 3.05) is 7.11 Å². The molecule has 1 atom stereocenters. The zero-order valence-electron chi connectivity index (χ0n) is 18.7. The lowest BCUT2D eigenvalue weighted by atomic mass is 10.0. The molecule has 0 saturated heterocycles. The Kier molecular flexibility index (Phi) is 8.28. The third-order valence-corrected chi connectivity index (χ3v) is 4.61. The monoisotopic (exact) mass is 407 g/mol. The van der Waals surface area contributed by atoms with Gasteiger partial charge >= 0.3 is 6.09 Å². The van der Waals surface area contributed by atoms with Crippen molar-refractivity contribution in [1.82, 2.24) is 4.90 Å². The van der Waals surface area contributed by atoms with Crippen molar-refractivity contribution in [3.8, 4) is 5.75 Å². The molecule has 0 bridgehead atoms. The highest BCUT2D eigenvalue weighted by Crippen LogP contribution is 2.21. The Bertz CT molecular complexity index is 848. The zero-order chi connectivity index (χ0) is 22.1. The molecule has 0 aliphatic carbocycles. The maximum Gasteiger partial charge on any atom is 0.411 e. The summed E-state index contributed by atoms with van der Waals surface area (Å²) < 4.78 is 11.0. The van der Waals surface area contributed by atoms with Crippen molar-refractivity contribution >= 4 is 6.09 Å². The molecule has 4 nitrogen and oxygen atoms in total. The number of ether oxygens (including phenoxy) is 2. The smallest absolute Gasteiger partial charge is 0.411 e. The third-order valence-electron chi connectivity index (χ3n) is 4.61. The molecule has 160 valence electrons. The van der Waals surface area contributed by atoms with E-state index in [1.165, 1.54) is 0 Å². The van der Waals surface area contributed by atoms with E-state index in [-0.39, 0.29) is 12.1 Å². The van der Waals surface area contributed by atoms with Gasteiger partial charge in [-0.2, -0.15) is 0 Å². The van der Waals surface area contributed by atoms with Gasteiger partial charge in [0, 0.05) is 6.54 Å². The minimum atomic E-state index is -0.580. The summed E-state index contributed by atoms with van der Waals surface area (Å²) in [6.45, 7) is 11.9. The van der Waals surface area contributed by atoms with Crippen LogP contribution in [0.15, 0.2) is 78.9 Å². The summed E-state index contributed by atoms with van der Waals surface area (Å²) in [5, 5.41) is 0. The average molecular weight is 408 g/mol. The first kappa shape index (κ1) is 23.3. The van der Waals surface area contributed by atoms with Crippen molar-refractivity contribution in [3.05, 3.63) is 90.0 Å². The lowest BCUT2D eigenvalue weighted by molar-refractivity contribution is 0.0180. The number of benzene rings is 2. The van der Waals surface area contributed by atoms with Crippen molar-refractivity contribution < 1.29 is 14.3 Å². The van der Waals surface area contributed by atoms with Crippen LogP contribution in [0.25, 0.3) is 0 Å². The Morgan fingerprint density at radius 3 is 2.23 bits per heavy atom. The number of carbonyl (C=O) groups excluding carboxylic acids is 1. The summed E-state index contributed by atoms with van der Waals surface area (Å²) in [4.78, 5) is 15.0. The van der Waals surface area contributed by atoms with Crippen LogP contribution in [0.3, 0.4) is 0 Å². The van der Waals surface area contributed by atoms with Crippen LogP contribution < -0.4 is 4.74 Å². The quantitative estimate of drug-likeness (QED) is 0.491. The zero-order valence-corrected chi connectivity index (χ0v) is 18.7. The van der Waals surface area contributed by atoms with Gasteiger partial charge in [-0.05, 0) is 57.4 Å². The van der Waals surface area contributed by atoms with Crippen LogP contribution in [0.5, 0.6) is 5.75 Å². The number of carbonyl (C=O) groups is 1. The Morgan fingerprint density at radius 1 is 1.07 bits per heavy atom. The Balaban J connectivity index is 2.41. The third kappa shape index (κ3) is 7.43. The van der Waals surface area contributed by atoms with E-state index in [0.29, 0.717) is 13.0 Å². The van der Waals surface area contributed by atoms with Gasteiger partial charge in [-0.15, -0.1) is 0 Å². The highest BCUT2D eigenvalue weighted by molar-refractivity contribution is 5.69. The lowest BCUT2D eigenvalue weighted by Gasteiger charge is -2.33. The van der Waals surface area contributed by atoms with Crippen molar-refractivity contribution in [2.24, 2.45) is 0 Å². The second-order valence-corrected chi connectivity index (χ2v) is 8.33. The molecule has 0 aliphatic heterocycles. The molecule has 30 heavy (non-hydrogen) atoms. The summed E-state index contributed by atoms with van der Waals surface area (Å²) in [5.74, 6) is 0.783. The summed E-state index contributed by atoms with van der Waals surface area (Å²) in [6.07, 6.45) is 4.22. The first-order valence-electron chi connectivity index (χ1n) is 10.2. The maximum atomic E-state index is 13.2. The summed E-state index contributed by atoms with van der Waals surface area (Å²) in [6, 6.07) is 17.7. The summed E-state index contributed by atoms with van der Waals surface area (Å²) >= 11 is 0. The van der Waals surface area contributed by atoms with Crippen LogP contribution in [-0.2, 0) is 17.7 Å². The van der Waals surface area contributed by atoms with Crippen LogP contribution >= 0.6 is 0 Å². The van der Waals surface area contributed by atoms with Crippen LogP contribution in [0.2, 0.25) is 0 Å². The minimum Gasteiger partial charge on any atom is -0.497 e. The van der Waals surface area contributed by atoms with E-state index in [1.54, 1.807) is 18.1 Å². The molecule has 2 aromatic carbocycles. The minimum absolute atomic E-state index is 0.178. The predicted octanol–water partition coefficient (Wildman–Crippen LogP) is 6.18. The van der Waals surface area contributed by atoms with E-state index >= 15 is 0 Å². The summed E-state index contributed by atoms with van der Waals surface area (Å²) in [7, 11) is 1.64. The standard InChI is InChI=1S/C26H33NO3/c1-7-20(2)17-23(18-21-11-9-8-10-12-21)27(25(28)30-26(3,4)5)19-22-13-15-24(29-6)16-14-22/h7-17,23H,1,18-19H2,2-6H3/b20-17-/t23-/m1/s1.